The van der Waals surface area contributed by atoms with Crippen molar-refractivity contribution in [3.05, 3.63) is 35.9 Å². The van der Waals surface area contributed by atoms with Gasteiger partial charge >= 0.3 is 0 Å². The van der Waals surface area contributed by atoms with Crippen molar-refractivity contribution in [2.24, 2.45) is 11.7 Å². The van der Waals surface area contributed by atoms with Gasteiger partial charge in [0.15, 0.2) is 0 Å². The second kappa shape index (κ2) is 9.78. The summed E-state index contributed by atoms with van der Waals surface area (Å²) in [4.78, 5) is 13.8. The monoisotopic (exact) mass is 298 g/mol. The highest BCUT2D eigenvalue weighted by Gasteiger charge is 2.12. The molecule has 0 radical (unpaired) electrons. The second-order valence-electron chi connectivity index (χ2n) is 5.50. The number of halogens is 1. The first-order valence-electron chi connectivity index (χ1n) is 7.04. The van der Waals surface area contributed by atoms with Crippen LogP contribution in [0.1, 0.15) is 32.3 Å². The van der Waals surface area contributed by atoms with Gasteiger partial charge in [0.25, 0.3) is 0 Å². The molecule has 20 heavy (non-hydrogen) atoms. The molecule has 1 aromatic rings. The number of aryl methyl sites for hydroxylation is 1. The predicted octanol–water partition coefficient (Wildman–Crippen LogP) is 2.87. The third kappa shape index (κ3) is 6.92. The van der Waals surface area contributed by atoms with Gasteiger partial charge in [0, 0.05) is 26.1 Å². The van der Waals surface area contributed by atoms with E-state index in [1.807, 2.05) is 25.2 Å². The molecule has 0 bridgehead atoms. The Morgan fingerprint density at radius 3 is 2.40 bits per heavy atom. The van der Waals surface area contributed by atoms with Gasteiger partial charge in [-0.1, -0.05) is 44.2 Å². The van der Waals surface area contributed by atoms with Crippen LogP contribution in [0.3, 0.4) is 0 Å². The van der Waals surface area contributed by atoms with Crippen LogP contribution in [0.25, 0.3) is 0 Å². The van der Waals surface area contributed by atoms with Gasteiger partial charge in [-0.05, 0) is 24.3 Å². The van der Waals surface area contributed by atoms with Crippen LogP contribution in [0.15, 0.2) is 30.3 Å². The molecule has 0 saturated heterocycles. The Balaban J connectivity index is 0.00000361. The van der Waals surface area contributed by atoms with E-state index in [4.69, 9.17) is 5.73 Å². The quantitative estimate of drug-likeness (QED) is 0.841. The molecule has 114 valence electrons. The average molecular weight is 299 g/mol. The molecule has 4 heteroatoms. The predicted molar refractivity (Wildman–Crippen MR) is 87.1 cm³/mol. The van der Waals surface area contributed by atoms with E-state index in [1.165, 1.54) is 5.56 Å². The molecular weight excluding hydrogens is 272 g/mol. The van der Waals surface area contributed by atoms with Crippen LogP contribution in [-0.2, 0) is 11.2 Å². The van der Waals surface area contributed by atoms with Crippen LogP contribution in [0, 0.1) is 5.92 Å². The van der Waals surface area contributed by atoms with E-state index in [0.717, 1.165) is 19.4 Å². The lowest BCUT2D eigenvalue weighted by Gasteiger charge is -2.21. The van der Waals surface area contributed by atoms with E-state index in [9.17, 15) is 4.79 Å². The van der Waals surface area contributed by atoms with E-state index in [1.54, 1.807) is 4.90 Å². The van der Waals surface area contributed by atoms with Gasteiger partial charge in [-0.2, -0.15) is 0 Å². The summed E-state index contributed by atoms with van der Waals surface area (Å²) in [7, 11) is 1.86. The minimum Gasteiger partial charge on any atom is -0.346 e. The van der Waals surface area contributed by atoms with Crippen molar-refractivity contribution in [3.8, 4) is 0 Å². The zero-order valence-corrected chi connectivity index (χ0v) is 13.5. The minimum absolute atomic E-state index is 0. The second-order valence-corrected chi connectivity index (χ2v) is 5.50. The maximum Gasteiger partial charge on any atom is 0.222 e. The van der Waals surface area contributed by atoms with Crippen molar-refractivity contribution in [1.29, 1.82) is 0 Å². The summed E-state index contributed by atoms with van der Waals surface area (Å²) in [5.41, 5.74) is 7.20. The largest absolute Gasteiger partial charge is 0.346 e. The molecule has 1 unspecified atom stereocenters. The van der Waals surface area contributed by atoms with Gasteiger partial charge in [0.05, 0.1) is 0 Å². The van der Waals surface area contributed by atoms with Gasteiger partial charge in [-0.3, -0.25) is 4.79 Å². The van der Waals surface area contributed by atoms with E-state index >= 15 is 0 Å². The normalized spacial score (nSPS) is 11.8. The van der Waals surface area contributed by atoms with Gasteiger partial charge in [-0.25, -0.2) is 0 Å². The Hall–Kier alpha value is -1.06. The molecule has 0 saturated carbocycles. The van der Waals surface area contributed by atoms with Crippen LogP contribution in [0.2, 0.25) is 0 Å². The maximum absolute atomic E-state index is 12.0. The fourth-order valence-corrected chi connectivity index (χ4v) is 1.89. The molecule has 3 nitrogen and oxygen atoms in total. The molecule has 0 aromatic heterocycles. The van der Waals surface area contributed by atoms with Crippen LogP contribution in [-0.4, -0.2) is 30.4 Å². The molecule has 1 amide bonds. The molecule has 1 atom stereocenters. The molecule has 0 spiro atoms. The SMILES string of the molecule is CC(C)C(N)CCN(C)C(=O)CCc1ccccc1.Cl. The number of nitrogens with two attached hydrogens (primary N) is 1. The number of carbonyl (C=O) groups is 1. The average Bonchev–Trinajstić information content (AvgIpc) is 2.42. The molecule has 0 aliphatic heterocycles. The van der Waals surface area contributed by atoms with Gasteiger partial charge in [-0.15, -0.1) is 12.4 Å². The van der Waals surface area contributed by atoms with Crippen molar-refractivity contribution >= 4 is 18.3 Å². The Morgan fingerprint density at radius 2 is 1.85 bits per heavy atom. The van der Waals surface area contributed by atoms with Crippen molar-refractivity contribution in [2.75, 3.05) is 13.6 Å². The van der Waals surface area contributed by atoms with Gasteiger partial charge < -0.3 is 10.6 Å². The van der Waals surface area contributed by atoms with E-state index < -0.39 is 0 Å². The summed E-state index contributed by atoms with van der Waals surface area (Å²) in [6, 6.07) is 10.3. The van der Waals surface area contributed by atoms with Crippen LogP contribution in [0.4, 0.5) is 0 Å². The molecule has 1 rings (SSSR count). The lowest BCUT2D eigenvalue weighted by Crippen LogP contribution is -2.34. The molecule has 0 aliphatic carbocycles. The summed E-state index contributed by atoms with van der Waals surface area (Å²) in [5, 5.41) is 0. The molecule has 0 heterocycles. The van der Waals surface area contributed by atoms with Crippen LogP contribution < -0.4 is 5.73 Å². The number of hydrogen-bond donors (Lipinski definition) is 1. The van der Waals surface area contributed by atoms with Crippen molar-refractivity contribution in [3.63, 3.8) is 0 Å². The summed E-state index contributed by atoms with van der Waals surface area (Å²) in [6.07, 6.45) is 2.24. The van der Waals surface area contributed by atoms with Gasteiger partial charge in [0.1, 0.15) is 0 Å². The van der Waals surface area contributed by atoms with Crippen LogP contribution in [0.5, 0.6) is 0 Å². The lowest BCUT2D eigenvalue weighted by atomic mass is 10.0. The third-order valence-electron chi connectivity index (χ3n) is 3.55. The number of carbonyl (C=O) groups excluding carboxylic acids is 1. The summed E-state index contributed by atoms with van der Waals surface area (Å²) < 4.78 is 0. The fraction of sp³-hybridized carbons (Fsp3) is 0.562. The van der Waals surface area contributed by atoms with E-state index in [2.05, 4.69) is 26.0 Å². The van der Waals surface area contributed by atoms with E-state index in [0.29, 0.717) is 12.3 Å². The zero-order chi connectivity index (χ0) is 14.3. The molecule has 0 fully saturated rings. The summed E-state index contributed by atoms with van der Waals surface area (Å²) >= 11 is 0. The molecule has 0 aliphatic rings. The summed E-state index contributed by atoms with van der Waals surface area (Å²) in [5.74, 6) is 0.660. The first-order chi connectivity index (χ1) is 9.00. The topological polar surface area (TPSA) is 46.3 Å². The highest BCUT2D eigenvalue weighted by atomic mass is 35.5. The number of hydrogen-bond acceptors (Lipinski definition) is 2. The number of nitrogens with zero attached hydrogens (tertiary/aromatic N) is 1. The standard InChI is InChI=1S/C16H26N2O.ClH/c1-13(2)15(17)11-12-18(3)16(19)10-9-14-7-5-4-6-8-14;/h4-8,13,15H,9-12,17H2,1-3H3;1H. The van der Waals surface area contributed by atoms with E-state index in [-0.39, 0.29) is 24.4 Å². The number of rotatable bonds is 7. The molecule has 1 aromatic carbocycles. The maximum atomic E-state index is 12.0. The number of benzene rings is 1. The third-order valence-corrected chi connectivity index (χ3v) is 3.55. The summed E-state index contributed by atoms with van der Waals surface area (Å²) in [6.45, 7) is 4.97. The lowest BCUT2D eigenvalue weighted by molar-refractivity contribution is -0.129. The minimum atomic E-state index is 0. The first kappa shape index (κ1) is 18.9. The van der Waals surface area contributed by atoms with Crippen LogP contribution >= 0.6 is 12.4 Å². The van der Waals surface area contributed by atoms with Crippen molar-refractivity contribution < 1.29 is 4.79 Å². The van der Waals surface area contributed by atoms with Gasteiger partial charge in [0.2, 0.25) is 5.91 Å². The molecular formula is C16H27ClN2O. The Morgan fingerprint density at radius 1 is 1.25 bits per heavy atom. The number of amides is 1. The van der Waals surface area contributed by atoms with Crippen molar-refractivity contribution in [2.45, 2.75) is 39.2 Å². The first-order valence-corrected chi connectivity index (χ1v) is 7.04. The fourth-order valence-electron chi connectivity index (χ4n) is 1.89. The Labute approximate surface area is 128 Å². The highest BCUT2D eigenvalue weighted by molar-refractivity contribution is 5.85. The zero-order valence-electron chi connectivity index (χ0n) is 12.7. The smallest absolute Gasteiger partial charge is 0.222 e. The Bertz CT molecular complexity index is 381. The van der Waals surface area contributed by atoms with Crippen molar-refractivity contribution in [1.82, 2.24) is 4.90 Å². The Kier molecular flexibility index (Phi) is 9.26. The highest BCUT2D eigenvalue weighted by Crippen LogP contribution is 2.07. The molecule has 2 N–H and O–H groups in total.